The van der Waals surface area contributed by atoms with Crippen molar-refractivity contribution in [3.63, 3.8) is 0 Å². The molecule has 0 amide bonds. The van der Waals surface area contributed by atoms with E-state index in [0.29, 0.717) is 24.4 Å². The number of likely N-dealkylation sites (tertiary alicyclic amines) is 1. The summed E-state index contributed by atoms with van der Waals surface area (Å²) in [6.07, 6.45) is -0.232. The second-order valence-electron chi connectivity index (χ2n) is 8.41. The van der Waals surface area contributed by atoms with E-state index < -0.39 is 29.3 Å². The number of hydrogen-bond acceptors (Lipinski definition) is 5. The minimum absolute atomic E-state index is 0.0606. The van der Waals surface area contributed by atoms with Gasteiger partial charge in [-0.2, -0.15) is 13.2 Å². The molecule has 32 heavy (non-hydrogen) atoms. The third-order valence-electron chi connectivity index (χ3n) is 6.97. The average molecular weight is 440 g/mol. The van der Waals surface area contributed by atoms with E-state index >= 15 is 13.2 Å². The third kappa shape index (κ3) is 2.82. The predicted octanol–water partition coefficient (Wildman–Crippen LogP) is 4.43. The van der Waals surface area contributed by atoms with Crippen molar-refractivity contribution in [1.29, 1.82) is 0 Å². The topological polar surface area (TPSA) is 51.1 Å². The smallest absolute Gasteiger partial charge is 0.363 e. The van der Waals surface area contributed by atoms with E-state index in [4.69, 9.17) is 4.74 Å². The van der Waals surface area contributed by atoms with E-state index in [1.165, 1.54) is 23.4 Å². The molecule has 4 unspecified atom stereocenters. The van der Waals surface area contributed by atoms with Crippen molar-refractivity contribution in [2.45, 2.75) is 42.6 Å². The van der Waals surface area contributed by atoms with Crippen LogP contribution in [0.15, 0.2) is 73.2 Å². The molecular formula is C24H23F3N4O. The van der Waals surface area contributed by atoms with Gasteiger partial charge in [-0.05, 0) is 36.4 Å². The van der Waals surface area contributed by atoms with Crippen LogP contribution in [0.5, 0.6) is 0 Å². The van der Waals surface area contributed by atoms with E-state index in [9.17, 15) is 0 Å². The van der Waals surface area contributed by atoms with Gasteiger partial charge in [0.1, 0.15) is 6.23 Å². The van der Waals surface area contributed by atoms with Gasteiger partial charge in [-0.1, -0.05) is 25.1 Å². The first kappa shape index (κ1) is 21.0. The Balaban J connectivity index is 1.86. The van der Waals surface area contributed by atoms with Gasteiger partial charge < -0.3 is 4.74 Å². The second kappa shape index (κ2) is 7.64. The third-order valence-corrected chi connectivity index (χ3v) is 6.97. The van der Waals surface area contributed by atoms with Crippen LogP contribution in [-0.4, -0.2) is 45.4 Å². The van der Waals surface area contributed by atoms with Crippen LogP contribution >= 0.6 is 0 Å². The van der Waals surface area contributed by atoms with Crippen LogP contribution in [0.1, 0.15) is 36.3 Å². The van der Waals surface area contributed by atoms with Crippen molar-refractivity contribution in [3.05, 3.63) is 90.3 Å². The summed E-state index contributed by atoms with van der Waals surface area (Å²) in [6.45, 7) is 2.20. The number of alkyl halides is 3. The van der Waals surface area contributed by atoms with Gasteiger partial charge in [0.25, 0.3) is 0 Å². The molecule has 4 atom stereocenters. The summed E-state index contributed by atoms with van der Waals surface area (Å²) in [5.74, 6) is -0.591. The molecule has 0 saturated carbocycles. The molecule has 5 rings (SSSR count). The molecule has 3 aromatic heterocycles. The summed E-state index contributed by atoms with van der Waals surface area (Å²) >= 11 is 0. The number of aromatic nitrogens is 3. The SMILES string of the molecule is CC1(c2ccccn2)C(c2ccccn2)CN(C2CCO2)C1(c1ccccn1)C(F)(F)F. The molecular weight excluding hydrogens is 417 g/mol. The summed E-state index contributed by atoms with van der Waals surface area (Å²) in [5.41, 5.74) is -3.10. The summed E-state index contributed by atoms with van der Waals surface area (Å²) in [4.78, 5) is 14.7. The normalized spacial score (nSPS) is 30.8. The summed E-state index contributed by atoms with van der Waals surface area (Å²) in [7, 11) is 0. The molecule has 0 spiro atoms. The van der Waals surface area contributed by atoms with Crippen molar-refractivity contribution < 1.29 is 17.9 Å². The number of nitrogens with zero attached hydrogens (tertiary/aromatic N) is 4. The first-order valence-corrected chi connectivity index (χ1v) is 10.6. The molecule has 0 radical (unpaired) electrons. The maximum Gasteiger partial charge on any atom is 0.413 e. The van der Waals surface area contributed by atoms with E-state index in [0.717, 1.165) is 0 Å². The molecule has 0 aromatic carbocycles. The second-order valence-corrected chi connectivity index (χ2v) is 8.41. The zero-order chi connectivity index (χ0) is 22.4. The molecule has 5 nitrogen and oxygen atoms in total. The lowest BCUT2D eigenvalue weighted by Gasteiger charge is -2.52. The van der Waals surface area contributed by atoms with Crippen molar-refractivity contribution in [3.8, 4) is 0 Å². The molecule has 2 fully saturated rings. The maximum atomic E-state index is 15.6. The lowest BCUT2D eigenvalue weighted by molar-refractivity contribution is -0.288. The van der Waals surface area contributed by atoms with Gasteiger partial charge in [-0.25, -0.2) is 0 Å². The first-order chi connectivity index (χ1) is 15.4. The number of halogens is 3. The highest BCUT2D eigenvalue weighted by molar-refractivity contribution is 5.42. The van der Waals surface area contributed by atoms with Crippen molar-refractivity contribution in [1.82, 2.24) is 19.9 Å². The molecule has 2 aliphatic heterocycles. The Morgan fingerprint density at radius 1 is 0.906 bits per heavy atom. The van der Waals surface area contributed by atoms with Crippen molar-refractivity contribution >= 4 is 0 Å². The quantitative estimate of drug-likeness (QED) is 0.601. The zero-order valence-corrected chi connectivity index (χ0v) is 17.5. The summed E-state index contributed by atoms with van der Waals surface area (Å²) < 4.78 is 52.3. The van der Waals surface area contributed by atoms with E-state index in [2.05, 4.69) is 15.0 Å². The minimum atomic E-state index is -4.67. The van der Waals surface area contributed by atoms with Crippen LogP contribution < -0.4 is 0 Å². The monoisotopic (exact) mass is 440 g/mol. The lowest BCUT2D eigenvalue weighted by atomic mass is 9.61. The Kier molecular flexibility index (Phi) is 5.02. The Hall–Kier alpha value is -2.84. The average Bonchev–Trinajstić information content (AvgIpc) is 3.05. The number of hydrogen-bond donors (Lipinski definition) is 0. The highest BCUT2D eigenvalue weighted by atomic mass is 19.4. The summed E-state index contributed by atoms with van der Waals surface area (Å²) in [6, 6.07) is 15.1. The van der Waals surface area contributed by atoms with Gasteiger partial charge in [0, 0.05) is 48.9 Å². The molecule has 8 heteroatoms. The van der Waals surface area contributed by atoms with Crippen molar-refractivity contribution in [2.75, 3.05) is 13.2 Å². The fourth-order valence-electron chi connectivity index (χ4n) is 5.47. The van der Waals surface area contributed by atoms with E-state index in [1.54, 1.807) is 61.7 Å². The standard InChI is InChI=1S/C24H23F3N4O/c1-22(19-9-3-6-13-29-19)17(18-8-2-5-12-28-18)16-31(21-11-15-32-21)23(22,24(25,26)27)20-10-4-7-14-30-20/h2-10,12-14,17,21H,11,15-16H2,1H3. The van der Waals surface area contributed by atoms with E-state index in [-0.39, 0.29) is 12.2 Å². The molecule has 2 aliphatic rings. The maximum absolute atomic E-state index is 15.6. The number of rotatable bonds is 4. The van der Waals surface area contributed by atoms with Crippen LogP contribution in [0.2, 0.25) is 0 Å². The van der Waals surface area contributed by atoms with Gasteiger partial charge >= 0.3 is 6.18 Å². The summed E-state index contributed by atoms with van der Waals surface area (Å²) in [5, 5.41) is 0. The zero-order valence-electron chi connectivity index (χ0n) is 17.5. The molecule has 166 valence electrons. The van der Waals surface area contributed by atoms with E-state index in [1.807, 2.05) is 0 Å². The molecule has 3 aromatic rings. The molecule has 2 saturated heterocycles. The van der Waals surface area contributed by atoms with Gasteiger partial charge in [0.05, 0.1) is 17.7 Å². The minimum Gasteiger partial charge on any atom is -0.363 e. The first-order valence-electron chi connectivity index (χ1n) is 10.6. The Bertz CT molecular complexity index is 1060. The van der Waals surface area contributed by atoms with Gasteiger partial charge in [0.2, 0.25) is 0 Å². The fourth-order valence-corrected chi connectivity index (χ4v) is 5.47. The van der Waals surface area contributed by atoms with Crippen LogP contribution in [-0.2, 0) is 15.7 Å². The highest BCUT2D eigenvalue weighted by Gasteiger charge is 2.77. The molecule has 0 N–H and O–H groups in total. The van der Waals surface area contributed by atoms with Crippen LogP contribution in [0.3, 0.4) is 0 Å². The predicted molar refractivity (Wildman–Crippen MR) is 112 cm³/mol. The molecule has 5 heterocycles. The Labute approximate surface area is 184 Å². The number of ether oxygens (including phenoxy) is 1. The lowest BCUT2D eigenvalue weighted by Crippen LogP contribution is -2.66. The van der Waals surface area contributed by atoms with Gasteiger partial charge in [-0.15, -0.1) is 0 Å². The Morgan fingerprint density at radius 2 is 1.50 bits per heavy atom. The van der Waals surface area contributed by atoms with Crippen LogP contribution in [0.25, 0.3) is 0 Å². The molecule has 0 bridgehead atoms. The largest absolute Gasteiger partial charge is 0.413 e. The Morgan fingerprint density at radius 3 is 1.97 bits per heavy atom. The van der Waals surface area contributed by atoms with Crippen LogP contribution in [0, 0.1) is 0 Å². The van der Waals surface area contributed by atoms with Gasteiger partial charge in [0.15, 0.2) is 5.54 Å². The highest BCUT2D eigenvalue weighted by Crippen LogP contribution is 2.65. The van der Waals surface area contributed by atoms with Gasteiger partial charge in [-0.3, -0.25) is 19.9 Å². The van der Waals surface area contributed by atoms with Crippen LogP contribution in [0.4, 0.5) is 13.2 Å². The fraction of sp³-hybridized carbons (Fsp3) is 0.375. The molecule has 0 aliphatic carbocycles. The number of pyridine rings is 3. The van der Waals surface area contributed by atoms with Crippen molar-refractivity contribution in [2.24, 2.45) is 0 Å².